The lowest BCUT2D eigenvalue weighted by Gasteiger charge is -2.23. The van der Waals surface area contributed by atoms with Gasteiger partial charge in [0, 0.05) is 12.0 Å². The lowest BCUT2D eigenvalue weighted by Crippen LogP contribution is -2.38. The molecular weight excluding hydrogens is 126 g/mol. The van der Waals surface area contributed by atoms with Crippen molar-refractivity contribution in [1.82, 2.24) is 0 Å². The average Bonchev–Trinajstić information content (AvgIpc) is 1.89. The van der Waals surface area contributed by atoms with Crippen LogP contribution >= 0.6 is 0 Å². The van der Waals surface area contributed by atoms with Gasteiger partial charge in [-0.25, -0.2) is 0 Å². The third kappa shape index (κ3) is 1.54. The fourth-order valence-electron chi connectivity index (χ4n) is 0.988. The predicted octanol–water partition coefficient (Wildman–Crippen LogP) is 0.789. The van der Waals surface area contributed by atoms with Crippen LogP contribution in [-0.4, -0.2) is 11.8 Å². The molecule has 0 radical (unpaired) electrons. The highest BCUT2D eigenvalue weighted by Gasteiger charge is 2.19. The first kappa shape index (κ1) is 7.22. The number of hydrogen-bond acceptors (Lipinski definition) is 2. The third-order valence-corrected chi connectivity index (χ3v) is 1.64. The quantitative estimate of drug-likeness (QED) is 0.572. The molecule has 0 fully saturated rings. The minimum Gasteiger partial charge on any atom is -0.321 e. The summed E-state index contributed by atoms with van der Waals surface area (Å²) in [6.45, 7) is 0. The van der Waals surface area contributed by atoms with Gasteiger partial charge in [-0.2, -0.15) is 0 Å². The lowest BCUT2D eigenvalue weighted by molar-refractivity contribution is -0.108. The number of aldehydes is 1. The minimum absolute atomic E-state index is 0.406. The van der Waals surface area contributed by atoms with Gasteiger partial charge in [-0.15, -0.1) is 0 Å². The van der Waals surface area contributed by atoms with Gasteiger partial charge in [-0.1, -0.05) is 24.3 Å². The van der Waals surface area contributed by atoms with Crippen LogP contribution in [0.15, 0.2) is 24.3 Å². The predicted molar refractivity (Wildman–Crippen MR) is 40.5 cm³/mol. The van der Waals surface area contributed by atoms with E-state index < -0.39 is 5.54 Å². The van der Waals surface area contributed by atoms with Crippen LogP contribution in [0.5, 0.6) is 0 Å². The zero-order valence-electron chi connectivity index (χ0n) is 5.79. The fraction of sp³-hybridized carbons (Fsp3) is 0.375. The molecule has 2 N–H and O–H groups in total. The van der Waals surface area contributed by atoms with Crippen LogP contribution in [-0.2, 0) is 4.79 Å². The van der Waals surface area contributed by atoms with Crippen LogP contribution < -0.4 is 5.73 Å². The number of allylic oxidation sites excluding steroid dienone is 2. The summed E-state index contributed by atoms with van der Waals surface area (Å²) in [4.78, 5) is 10.1. The van der Waals surface area contributed by atoms with Gasteiger partial charge in [-0.3, -0.25) is 0 Å². The Bertz CT molecular complexity index is 180. The molecule has 1 aliphatic rings. The molecule has 1 aliphatic carbocycles. The summed E-state index contributed by atoms with van der Waals surface area (Å²) in [5.41, 5.74) is 5.39. The summed E-state index contributed by atoms with van der Waals surface area (Å²) in [5.74, 6) is 0. The molecule has 0 saturated carbocycles. The van der Waals surface area contributed by atoms with E-state index >= 15 is 0 Å². The van der Waals surface area contributed by atoms with E-state index in [1.54, 1.807) is 0 Å². The molecule has 0 aromatic carbocycles. The van der Waals surface area contributed by atoms with Crippen LogP contribution in [0.25, 0.3) is 0 Å². The highest BCUT2D eigenvalue weighted by molar-refractivity contribution is 5.53. The zero-order valence-corrected chi connectivity index (χ0v) is 5.79. The Kier molecular flexibility index (Phi) is 2.02. The van der Waals surface area contributed by atoms with E-state index in [2.05, 4.69) is 0 Å². The van der Waals surface area contributed by atoms with E-state index in [0.29, 0.717) is 6.42 Å². The Morgan fingerprint density at radius 1 is 1.60 bits per heavy atom. The van der Waals surface area contributed by atoms with Crippen molar-refractivity contribution in [2.75, 3.05) is 0 Å². The number of carbonyl (C=O) groups excluding carboxylic acids is 1. The SMILES string of the molecule is N[C@]1(CC=O)C=CC=CC1. The number of carbonyl (C=O) groups is 1. The maximum Gasteiger partial charge on any atom is 0.122 e. The molecule has 54 valence electrons. The van der Waals surface area contributed by atoms with Crippen molar-refractivity contribution in [3.05, 3.63) is 24.3 Å². The van der Waals surface area contributed by atoms with E-state index in [0.717, 1.165) is 12.7 Å². The highest BCUT2D eigenvalue weighted by atomic mass is 16.1. The Hall–Kier alpha value is -0.890. The van der Waals surface area contributed by atoms with E-state index in [9.17, 15) is 4.79 Å². The first-order chi connectivity index (χ1) is 4.77. The maximum absolute atomic E-state index is 10.1. The van der Waals surface area contributed by atoms with Gasteiger partial charge in [0.25, 0.3) is 0 Å². The minimum atomic E-state index is -0.406. The second-order valence-corrected chi connectivity index (χ2v) is 2.60. The molecule has 0 aromatic heterocycles. The molecule has 0 unspecified atom stereocenters. The smallest absolute Gasteiger partial charge is 0.122 e. The van der Waals surface area contributed by atoms with Crippen molar-refractivity contribution in [1.29, 1.82) is 0 Å². The van der Waals surface area contributed by atoms with E-state index in [4.69, 9.17) is 5.73 Å². The van der Waals surface area contributed by atoms with Gasteiger partial charge in [0.1, 0.15) is 6.29 Å². The lowest BCUT2D eigenvalue weighted by atomic mass is 9.90. The second-order valence-electron chi connectivity index (χ2n) is 2.60. The standard InChI is InChI=1S/C8H11NO/c9-8(6-7-10)4-2-1-3-5-8/h1-4,7H,5-6,9H2/t8-/m1/s1. The van der Waals surface area contributed by atoms with E-state index in [1.165, 1.54) is 0 Å². The van der Waals surface area contributed by atoms with Crippen LogP contribution in [0, 0.1) is 0 Å². The second kappa shape index (κ2) is 2.80. The molecule has 1 atom stereocenters. The Morgan fingerprint density at radius 2 is 2.40 bits per heavy atom. The van der Waals surface area contributed by atoms with E-state index in [-0.39, 0.29) is 0 Å². The fourth-order valence-corrected chi connectivity index (χ4v) is 0.988. The highest BCUT2D eigenvalue weighted by Crippen LogP contribution is 2.16. The molecule has 2 heteroatoms. The van der Waals surface area contributed by atoms with Crippen LogP contribution in [0.3, 0.4) is 0 Å². The average molecular weight is 137 g/mol. The first-order valence-corrected chi connectivity index (χ1v) is 3.34. The first-order valence-electron chi connectivity index (χ1n) is 3.34. The Balaban J connectivity index is 2.60. The van der Waals surface area contributed by atoms with Gasteiger partial charge in [-0.05, 0) is 6.42 Å². The summed E-state index contributed by atoms with van der Waals surface area (Å²) in [6.07, 6.45) is 9.72. The van der Waals surface area contributed by atoms with E-state index in [1.807, 2.05) is 24.3 Å². The van der Waals surface area contributed by atoms with Gasteiger partial charge >= 0.3 is 0 Å². The van der Waals surface area contributed by atoms with Gasteiger partial charge in [0.05, 0.1) is 0 Å². The van der Waals surface area contributed by atoms with Crippen LogP contribution in [0.4, 0.5) is 0 Å². The monoisotopic (exact) mass is 137 g/mol. The molecule has 2 nitrogen and oxygen atoms in total. The van der Waals surface area contributed by atoms with Gasteiger partial charge in [0.15, 0.2) is 0 Å². The normalized spacial score (nSPS) is 30.5. The molecule has 0 amide bonds. The molecule has 0 bridgehead atoms. The Morgan fingerprint density at radius 3 is 2.90 bits per heavy atom. The summed E-state index contributed by atoms with van der Waals surface area (Å²) in [6, 6.07) is 0. The molecule has 10 heavy (non-hydrogen) atoms. The van der Waals surface area contributed by atoms with Crippen LogP contribution in [0.2, 0.25) is 0 Å². The topological polar surface area (TPSA) is 43.1 Å². The molecule has 0 heterocycles. The molecule has 0 aliphatic heterocycles. The number of hydrogen-bond donors (Lipinski definition) is 1. The molecular formula is C8H11NO. The maximum atomic E-state index is 10.1. The molecule has 1 rings (SSSR count). The molecule has 0 spiro atoms. The van der Waals surface area contributed by atoms with Crippen LogP contribution in [0.1, 0.15) is 12.8 Å². The van der Waals surface area contributed by atoms with Crippen molar-refractivity contribution in [3.8, 4) is 0 Å². The van der Waals surface area contributed by atoms with Gasteiger partial charge in [0.2, 0.25) is 0 Å². The van der Waals surface area contributed by atoms with Crippen molar-refractivity contribution < 1.29 is 4.79 Å². The summed E-state index contributed by atoms with van der Waals surface area (Å²) < 4.78 is 0. The number of nitrogens with two attached hydrogens (primary N) is 1. The zero-order chi connectivity index (χ0) is 7.45. The number of rotatable bonds is 2. The van der Waals surface area contributed by atoms with Crippen molar-refractivity contribution in [2.45, 2.75) is 18.4 Å². The van der Waals surface area contributed by atoms with Crippen molar-refractivity contribution >= 4 is 6.29 Å². The summed E-state index contributed by atoms with van der Waals surface area (Å²) >= 11 is 0. The molecule has 0 saturated heterocycles. The Labute approximate surface area is 60.4 Å². The van der Waals surface area contributed by atoms with Crippen molar-refractivity contribution in [2.24, 2.45) is 5.73 Å². The third-order valence-electron chi connectivity index (χ3n) is 1.64. The largest absolute Gasteiger partial charge is 0.321 e. The van der Waals surface area contributed by atoms with Crippen molar-refractivity contribution in [3.63, 3.8) is 0 Å². The summed E-state index contributed by atoms with van der Waals surface area (Å²) in [5, 5.41) is 0. The molecule has 0 aromatic rings. The van der Waals surface area contributed by atoms with Gasteiger partial charge < -0.3 is 10.5 Å². The summed E-state index contributed by atoms with van der Waals surface area (Å²) in [7, 11) is 0.